The summed E-state index contributed by atoms with van der Waals surface area (Å²) in [6.45, 7) is 1.08. The van der Waals surface area contributed by atoms with Crippen LogP contribution in [0, 0.1) is 0 Å². The van der Waals surface area contributed by atoms with Gasteiger partial charge in [-0.2, -0.15) is 0 Å². The lowest BCUT2D eigenvalue weighted by Gasteiger charge is -2.02. The average Bonchev–Trinajstić information content (AvgIpc) is 1.66. The van der Waals surface area contributed by atoms with Crippen LogP contribution in [0.3, 0.4) is 0 Å². The van der Waals surface area contributed by atoms with Gasteiger partial charge in [0.25, 0.3) is 0 Å². The first kappa shape index (κ1) is 7.84. The molecular weight excluding hydrogens is 108 g/mol. The summed E-state index contributed by atoms with van der Waals surface area (Å²) < 4.78 is 4.74. The van der Waals surface area contributed by atoms with E-state index in [9.17, 15) is 0 Å². The molecular formula is C4H12N2O2. The number of aliphatic hydroxyl groups is 1. The van der Waals surface area contributed by atoms with Crippen molar-refractivity contribution in [3.05, 3.63) is 0 Å². The van der Waals surface area contributed by atoms with Gasteiger partial charge in [0.05, 0.1) is 13.2 Å². The summed E-state index contributed by atoms with van der Waals surface area (Å²) >= 11 is 0. The molecule has 50 valence electrons. The van der Waals surface area contributed by atoms with Crippen LogP contribution in [0.25, 0.3) is 0 Å². The van der Waals surface area contributed by atoms with Crippen LogP contribution in [0.4, 0.5) is 0 Å². The standard InChI is InChI=1S/C4H12N2O2/c5-1-2-8-3-4(6)7/h4,7H,1-3,5-6H2. The van der Waals surface area contributed by atoms with Crippen molar-refractivity contribution in [2.75, 3.05) is 19.8 Å². The summed E-state index contributed by atoms with van der Waals surface area (Å²) in [5.41, 5.74) is 9.99. The van der Waals surface area contributed by atoms with Crippen LogP contribution in [0.15, 0.2) is 0 Å². The van der Waals surface area contributed by atoms with Crippen LogP contribution in [-0.4, -0.2) is 31.1 Å². The number of ether oxygens (including phenoxy) is 1. The highest BCUT2D eigenvalue weighted by molar-refractivity contribution is 4.38. The third-order valence-corrected chi connectivity index (χ3v) is 0.551. The maximum Gasteiger partial charge on any atom is 0.126 e. The fraction of sp³-hybridized carbons (Fsp3) is 1.00. The first-order valence-corrected chi connectivity index (χ1v) is 2.49. The monoisotopic (exact) mass is 120 g/mol. The molecule has 0 aromatic heterocycles. The first-order valence-electron chi connectivity index (χ1n) is 2.49. The molecule has 0 aromatic carbocycles. The molecule has 0 aromatic rings. The van der Waals surface area contributed by atoms with Crippen LogP contribution >= 0.6 is 0 Å². The fourth-order valence-electron chi connectivity index (χ4n) is 0.287. The minimum absolute atomic E-state index is 0.164. The molecule has 0 aliphatic heterocycles. The molecule has 0 aliphatic carbocycles. The minimum atomic E-state index is -0.874. The summed E-state index contributed by atoms with van der Waals surface area (Å²) in [6.07, 6.45) is -0.874. The molecule has 0 rings (SSSR count). The molecule has 0 saturated heterocycles. The summed E-state index contributed by atoms with van der Waals surface area (Å²) in [7, 11) is 0. The van der Waals surface area contributed by atoms with E-state index in [1.165, 1.54) is 0 Å². The van der Waals surface area contributed by atoms with Crippen LogP contribution in [-0.2, 0) is 4.74 Å². The Morgan fingerprint density at radius 1 is 1.62 bits per heavy atom. The van der Waals surface area contributed by atoms with Gasteiger partial charge in [0.15, 0.2) is 0 Å². The Balaban J connectivity index is 2.72. The van der Waals surface area contributed by atoms with Crippen LogP contribution in [0.5, 0.6) is 0 Å². The quantitative estimate of drug-likeness (QED) is 0.303. The van der Waals surface area contributed by atoms with Crippen LogP contribution in [0.2, 0.25) is 0 Å². The predicted octanol–water partition coefficient (Wildman–Crippen LogP) is -1.76. The number of hydrogen-bond donors (Lipinski definition) is 3. The van der Waals surface area contributed by atoms with Crippen molar-refractivity contribution in [2.24, 2.45) is 11.5 Å². The summed E-state index contributed by atoms with van der Waals surface area (Å²) in [5, 5.41) is 8.39. The topological polar surface area (TPSA) is 81.5 Å². The Kier molecular flexibility index (Phi) is 4.89. The van der Waals surface area contributed by atoms with E-state index in [0.29, 0.717) is 13.2 Å². The van der Waals surface area contributed by atoms with Gasteiger partial charge in [-0.1, -0.05) is 0 Å². The number of aliphatic hydroxyl groups excluding tert-OH is 1. The van der Waals surface area contributed by atoms with Crippen molar-refractivity contribution in [2.45, 2.75) is 6.23 Å². The van der Waals surface area contributed by atoms with Crippen molar-refractivity contribution < 1.29 is 9.84 Å². The zero-order valence-corrected chi connectivity index (χ0v) is 4.71. The number of hydrogen-bond acceptors (Lipinski definition) is 4. The molecule has 0 amide bonds. The molecule has 8 heavy (non-hydrogen) atoms. The molecule has 0 radical (unpaired) electrons. The molecule has 0 aliphatic rings. The highest BCUT2D eigenvalue weighted by Gasteiger charge is 1.91. The fourth-order valence-corrected chi connectivity index (χ4v) is 0.287. The number of rotatable bonds is 4. The predicted molar refractivity (Wildman–Crippen MR) is 30.1 cm³/mol. The van der Waals surface area contributed by atoms with Gasteiger partial charge >= 0.3 is 0 Å². The van der Waals surface area contributed by atoms with Crippen LogP contribution < -0.4 is 11.5 Å². The Hall–Kier alpha value is -0.160. The molecule has 0 heterocycles. The second kappa shape index (κ2) is 4.99. The zero-order valence-electron chi connectivity index (χ0n) is 4.71. The smallest absolute Gasteiger partial charge is 0.126 e. The summed E-state index contributed by atoms with van der Waals surface area (Å²) in [6, 6.07) is 0. The molecule has 1 atom stereocenters. The Morgan fingerprint density at radius 2 is 2.25 bits per heavy atom. The van der Waals surface area contributed by atoms with Gasteiger partial charge in [0.1, 0.15) is 6.23 Å². The van der Waals surface area contributed by atoms with Gasteiger partial charge in [0, 0.05) is 6.54 Å². The van der Waals surface area contributed by atoms with Crippen molar-refractivity contribution >= 4 is 0 Å². The van der Waals surface area contributed by atoms with E-state index in [4.69, 9.17) is 21.3 Å². The highest BCUT2D eigenvalue weighted by Crippen LogP contribution is 1.73. The van der Waals surface area contributed by atoms with Crippen LogP contribution in [0.1, 0.15) is 0 Å². The van der Waals surface area contributed by atoms with Crippen molar-refractivity contribution in [1.29, 1.82) is 0 Å². The molecule has 4 nitrogen and oxygen atoms in total. The first-order chi connectivity index (χ1) is 3.77. The van der Waals surface area contributed by atoms with Gasteiger partial charge in [-0.3, -0.25) is 0 Å². The van der Waals surface area contributed by atoms with E-state index < -0.39 is 6.23 Å². The summed E-state index contributed by atoms with van der Waals surface area (Å²) in [4.78, 5) is 0. The highest BCUT2D eigenvalue weighted by atomic mass is 16.5. The Labute approximate surface area is 48.4 Å². The van der Waals surface area contributed by atoms with E-state index in [1.54, 1.807) is 0 Å². The lowest BCUT2D eigenvalue weighted by molar-refractivity contribution is 0.0438. The second-order valence-corrected chi connectivity index (χ2v) is 1.43. The average molecular weight is 120 g/mol. The van der Waals surface area contributed by atoms with Gasteiger partial charge in [0.2, 0.25) is 0 Å². The molecule has 0 saturated carbocycles. The maximum absolute atomic E-state index is 8.39. The van der Waals surface area contributed by atoms with Gasteiger partial charge < -0.3 is 21.3 Å². The number of nitrogens with two attached hydrogens (primary N) is 2. The van der Waals surface area contributed by atoms with Gasteiger partial charge in [-0.15, -0.1) is 0 Å². The molecule has 0 bridgehead atoms. The van der Waals surface area contributed by atoms with E-state index in [1.807, 2.05) is 0 Å². The largest absolute Gasteiger partial charge is 0.376 e. The molecule has 4 heteroatoms. The molecule has 5 N–H and O–H groups in total. The maximum atomic E-state index is 8.39. The molecule has 0 fully saturated rings. The van der Waals surface area contributed by atoms with E-state index >= 15 is 0 Å². The third-order valence-electron chi connectivity index (χ3n) is 0.551. The lowest BCUT2D eigenvalue weighted by atomic mass is 10.6. The summed E-state index contributed by atoms with van der Waals surface area (Å²) in [5.74, 6) is 0. The van der Waals surface area contributed by atoms with Crippen molar-refractivity contribution in [3.8, 4) is 0 Å². The lowest BCUT2D eigenvalue weighted by Crippen LogP contribution is -2.26. The van der Waals surface area contributed by atoms with Crippen molar-refractivity contribution in [3.63, 3.8) is 0 Å². The minimum Gasteiger partial charge on any atom is -0.376 e. The SMILES string of the molecule is NCCOCC(N)O. The Bertz CT molecular complexity index is 49.3. The zero-order chi connectivity index (χ0) is 6.41. The normalized spacial score (nSPS) is 13.9. The van der Waals surface area contributed by atoms with Gasteiger partial charge in [-0.05, 0) is 0 Å². The van der Waals surface area contributed by atoms with Crippen molar-refractivity contribution in [1.82, 2.24) is 0 Å². The van der Waals surface area contributed by atoms with E-state index in [-0.39, 0.29) is 6.61 Å². The van der Waals surface area contributed by atoms with Gasteiger partial charge in [-0.25, -0.2) is 0 Å². The Morgan fingerprint density at radius 3 is 2.62 bits per heavy atom. The molecule has 1 unspecified atom stereocenters. The molecule has 0 spiro atoms. The van der Waals surface area contributed by atoms with E-state index in [2.05, 4.69) is 0 Å². The third kappa shape index (κ3) is 5.84. The van der Waals surface area contributed by atoms with E-state index in [0.717, 1.165) is 0 Å². The second-order valence-electron chi connectivity index (χ2n) is 1.43.